The van der Waals surface area contributed by atoms with E-state index in [0.717, 1.165) is 32.5 Å². The fraction of sp³-hybridized carbons (Fsp3) is 0.588. The molecule has 0 radical (unpaired) electrons. The molecule has 2 unspecified atom stereocenters. The Kier molecular flexibility index (Phi) is 4.56. The molecule has 1 aromatic carbocycles. The molecule has 1 N–H and O–H groups in total. The molecule has 21 heavy (non-hydrogen) atoms. The normalized spacial score (nSPS) is 24.7. The molecule has 0 saturated carbocycles. The smallest absolute Gasteiger partial charge is 0.222 e. The van der Waals surface area contributed by atoms with Crippen LogP contribution in [0.5, 0.6) is 0 Å². The fourth-order valence-electron chi connectivity index (χ4n) is 3.50. The summed E-state index contributed by atoms with van der Waals surface area (Å²) in [5.74, 6) is 0.768. The molecule has 0 bridgehead atoms. The highest BCUT2D eigenvalue weighted by molar-refractivity contribution is 5.78. The second-order valence-electron chi connectivity index (χ2n) is 6.25. The van der Waals surface area contributed by atoms with Gasteiger partial charge in [0.15, 0.2) is 0 Å². The first-order chi connectivity index (χ1) is 10.2. The van der Waals surface area contributed by atoms with Crippen LogP contribution in [0.1, 0.15) is 30.7 Å². The van der Waals surface area contributed by atoms with Gasteiger partial charge in [-0.2, -0.15) is 0 Å². The second-order valence-corrected chi connectivity index (χ2v) is 6.25. The maximum Gasteiger partial charge on any atom is 0.222 e. The van der Waals surface area contributed by atoms with Gasteiger partial charge in [0.05, 0.1) is 6.10 Å². The maximum absolute atomic E-state index is 11.6. The lowest BCUT2D eigenvalue weighted by Gasteiger charge is -2.24. The highest BCUT2D eigenvalue weighted by Gasteiger charge is 2.27. The molecule has 4 heteroatoms. The summed E-state index contributed by atoms with van der Waals surface area (Å²) in [6.45, 7) is 4.01. The van der Waals surface area contributed by atoms with Crippen molar-refractivity contribution in [1.29, 1.82) is 0 Å². The van der Waals surface area contributed by atoms with Crippen molar-refractivity contribution < 1.29 is 9.90 Å². The number of benzene rings is 1. The van der Waals surface area contributed by atoms with Gasteiger partial charge in [-0.05, 0) is 30.9 Å². The molecule has 114 valence electrons. The number of carbonyl (C=O) groups is 1. The van der Waals surface area contributed by atoms with Crippen molar-refractivity contribution in [1.82, 2.24) is 9.80 Å². The van der Waals surface area contributed by atoms with Crippen LogP contribution in [0.2, 0.25) is 0 Å². The van der Waals surface area contributed by atoms with Gasteiger partial charge in [0.25, 0.3) is 0 Å². The van der Waals surface area contributed by atoms with E-state index in [9.17, 15) is 9.90 Å². The van der Waals surface area contributed by atoms with Gasteiger partial charge in [-0.15, -0.1) is 0 Å². The summed E-state index contributed by atoms with van der Waals surface area (Å²) in [5.41, 5.74) is 1.39. The summed E-state index contributed by atoms with van der Waals surface area (Å²) < 4.78 is 0. The molecule has 1 amide bonds. The number of carbonyl (C=O) groups excluding carboxylic acids is 1. The molecule has 0 aromatic heterocycles. The van der Waals surface area contributed by atoms with E-state index in [1.807, 2.05) is 6.07 Å². The quantitative estimate of drug-likeness (QED) is 0.892. The molecule has 4 nitrogen and oxygen atoms in total. The lowest BCUT2D eigenvalue weighted by molar-refractivity contribution is -0.129. The summed E-state index contributed by atoms with van der Waals surface area (Å²) in [6, 6.07) is 10.6. The Morgan fingerprint density at radius 3 is 2.71 bits per heavy atom. The minimum atomic E-state index is -0.429. The zero-order valence-electron chi connectivity index (χ0n) is 12.4. The van der Waals surface area contributed by atoms with Gasteiger partial charge in [0.2, 0.25) is 5.91 Å². The predicted molar refractivity (Wildman–Crippen MR) is 82.1 cm³/mol. The highest BCUT2D eigenvalue weighted by Crippen LogP contribution is 2.26. The average molecular weight is 288 g/mol. The van der Waals surface area contributed by atoms with E-state index in [4.69, 9.17) is 0 Å². The lowest BCUT2D eigenvalue weighted by Crippen LogP contribution is -2.40. The standard InChI is InChI=1S/C17H24N2O2/c20-16(13-19-9-4-7-17(19)21)12-18-10-8-15(11-18)14-5-2-1-3-6-14/h1-3,5-6,15-16,20H,4,7-13H2. The number of hydrogen-bond acceptors (Lipinski definition) is 3. The first-order valence-electron chi connectivity index (χ1n) is 7.95. The molecule has 3 rings (SSSR count). The van der Waals surface area contributed by atoms with Gasteiger partial charge in [-0.25, -0.2) is 0 Å². The third-order valence-corrected chi connectivity index (χ3v) is 4.61. The molecule has 2 atom stereocenters. The van der Waals surface area contributed by atoms with Crippen molar-refractivity contribution in [2.24, 2.45) is 0 Å². The van der Waals surface area contributed by atoms with Crippen LogP contribution in [-0.2, 0) is 4.79 Å². The van der Waals surface area contributed by atoms with Crippen molar-refractivity contribution in [2.75, 3.05) is 32.7 Å². The largest absolute Gasteiger partial charge is 0.390 e. The zero-order valence-corrected chi connectivity index (χ0v) is 12.4. The van der Waals surface area contributed by atoms with Crippen LogP contribution in [0.4, 0.5) is 0 Å². The molecule has 2 fully saturated rings. The molecule has 1 aromatic rings. The van der Waals surface area contributed by atoms with E-state index in [1.54, 1.807) is 4.90 Å². The first-order valence-corrected chi connectivity index (χ1v) is 7.95. The molecule has 2 aliphatic rings. The Balaban J connectivity index is 1.47. The number of amides is 1. The van der Waals surface area contributed by atoms with Gasteiger partial charge in [0, 0.05) is 32.6 Å². The van der Waals surface area contributed by atoms with Crippen molar-refractivity contribution in [3.05, 3.63) is 35.9 Å². The SMILES string of the molecule is O=C1CCCN1CC(O)CN1CCC(c2ccccc2)C1. The molecular weight excluding hydrogens is 264 g/mol. The minimum Gasteiger partial charge on any atom is -0.390 e. The van der Waals surface area contributed by atoms with E-state index in [1.165, 1.54) is 5.56 Å². The highest BCUT2D eigenvalue weighted by atomic mass is 16.3. The summed E-state index contributed by atoms with van der Waals surface area (Å²) in [6.07, 6.45) is 2.30. The van der Waals surface area contributed by atoms with E-state index < -0.39 is 6.10 Å². The number of likely N-dealkylation sites (tertiary alicyclic amines) is 2. The second kappa shape index (κ2) is 6.58. The molecule has 0 spiro atoms. The van der Waals surface area contributed by atoms with Gasteiger partial charge < -0.3 is 14.9 Å². The summed E-state index contributed by atoms with van der Waals surface area (Å²) >= 11 is 0. The van der Waals surface area contributed by atoms with Crippen molar-refractivity contribution >= 4 is 5.91 Å². The van der Waals surface area contributed by atoms with Crippen LogP contribution in [0.15, 0.2) is 30.3 Å². The summed E-state index contributed by atoms with van der Waals surface area (Å²) in [5, 5.41) is 10.2. The Hall–Kier alpha value is -1.39. The molecule has 2 saturated heterocycles. The Bertz CT molecular complexity index is 477. The Labute approximate surface area is 126 Å². The maximum atomic E-state index is 11.6. The number of hydrogen-bond donors (Lipinski definition) is 1. The lowest BCUT2D eigenvalue weighted by atomic mass is 9.99. The Morgan fingerprint density at radius 1 is 1.19 bits per heavy atom. The summed E-state index contributed by atoms with van der Waals surface area (Å²) in [7, 11) is 0. The van der Waals surface area contributed by atoms with E-state index >= 15 is 0 Å². The van der Waals surface area contributed by atoms with Crippen LogP contribution in [0.3, 0.4) is 0 Å². The first kappa shape index (κ1) is 14.5. The van der Waals surface area contributed by atoms with Crippen LogP contribution in [0.25, 0.3) is 0 Å². The number of β-amino-alcohol motifs (C(OH)–C–C–N with tert-alkyl or cyclic N) is 1. The minimum absolute atomic E-state index is 0.192. The topological polar surface area (TPSA) is 43.8 Å². The van der Waals surface area contributed by atoms with Crippen molar-refractivity contribution in [3.8, 4) is 0 Å². The molecule has 0 aliphatic carbocycles. The monoisotopic (exact) mass is 288 g/mol. The predicted octanol–water partition coefficient (Wildman–Crippen LogP) is 1.46. The fourth-order valence-corrected chi connectivity index (χ4v) is 3.50. The number of rotatable bonds is 5. The number of nitrogens with zero attached hydrogens (tertiary/aromatic N) is 2. The average Bonchev–Trinajstić information content (AvgIpc) is 3.10. The van der Waals surface area contributed by atoms with Crippen molar-refractivity contribution in [3.63, 3.8) is 0 Å². The zero-order chi connectivity index (χ0) is 14.7. The van der Waals surface area contributed by atoms with E-state index in [2.05, 4.69) is 29.2 Å². The van der Waals surface area contributed by atoms with Gasteiger partial charge >= 0.3 is 0 Å². The third kappa shape index (κ3) is 3.63. The van der Waals surface area contributed by atoms with Crippen LogP contribution < -0.4 is 0 Å². The molecule has 2 aliphatic heterocycles. The van der Waals surface area contributed by atoms with Gasteiger partial charge in [-0.1, -0.05) is 30.3 Å². The van der Waals surface area contributed by atoms with Gasteiger partial charge in [0.1, 0.15) is 0 Å². The number of aliphatic hydroxyl groups excluding tert-OH is 1. The van der Waals surface area contributed by atoms with Crippen molar-refractivity contribution in [2.45, 2.75) is 31.3 Å². The van der Waals surface area contributed by atoms with E-state index in [0.29, 0.717) is 25.4 Å². The van der Waals surface area contributed by atoms with E-state index in [-0.39, 0.29) is 5.91 Å². The summed E-state index contributed by atoms with van der Waals surface area (Å²) in [4.78, 5) is 15.7. The van der Waals surface area contributed by atoms with Crippen LogP contribution >= 0.6 is 0 Å². The number of aliphatic hydroxyl groups is 1. The molecular formula is C17H24N2O2. The van der Waals surface area contributed by atoms with Crippen LogP contribution in [-0.4, -0.2) is 59.6 Å². The Morgan fingerprint density at radius 2 is 2.00 bits per heavy atom. The third-order valence-electron chi connectivity index (χ3n) is 4.61. The van der Waals surface area contributed by atoms with Gasteiger partial charge in [-0.3, -0.25) is 4.79 Å². The molecule has 2 heterocycles. The van der Waals surface area contributed by atoms with Crippen LogP contribution in [0, 0.1) is 0 Å².